The summed E-state index contributed by atoms with van der Waals surface area (Å²) in [7, 11) is 0. The topological polar surface area (TPSA) is 82.0 Å². The minimum atomic E-state index is -1.71. The summed E-state index contributed by atoms with van der Waals surface area (Å²) in [5.41, 5.74) is -1.54. The molecular formula is C33H33Cl2F2N3O2. The monoisotopic (exact) mass is 611 g/mol. The Morgan fingerprint density at radius 1 is 1.07 bits per heavy atom. The quantitative estimate of drug-likeness (QED) is 0.268. The lowest BCUT2D eigenvalue weighted by atomic mass is 9.62. The molecule has 2 unspecified atom stereocenters. The third-order valence-corrected chi connectivity index (χ3v) is 8.45. The van der Waals surface area contributed by atoms with Crippen molar-refractivity contribution in [3.05, 3.63) is 99.0 Å². The number of halogens is 4. The number of hydrogen-bond acceptors (Lipinski definition) is 4. The summed E-state index contributed by atoms with van der Waals surface area (Å²) >= 11 is 12.3. The van der Waals surface area contributed by atoms with E-state index in [1.807, 2.05) is 20.8 Å². The number of carbonyl (C=O) groups excluding carboxylic acids is 2. The Hall–Kier alpha value is -3.31. The van der Waals surface area contributed by atoms with Crippen LogP contribution in [0, 0.1) is 28.4 Å². The molecule has 1 fully saturated rings. The lowest BCUT2D eigenvalue weighted by Gasteiger charge is -2.37. The van der Waals surface area contributed by atoms with Gasteiger partial charge in [-0.1, -0.05) is 74.3 Å². The zero-order valence-electron chi connectivity index (χ0n) is 24.1. The van der Waals surface area contributed by atoms with E-state index in [0.717, 1.165) is 17.9 Å². The summed E-state index contributed by atoms with van der Waals surface area (Å²) < 4.78 is 31.5. The second kappa shape index (κ2) is 11.8. The standard InChI is InChI=1S/C33H33Cl2F2N3O2/c1-31(2,3)16-26-33(17-38,23-14-11-20(34)15-25(23)36)27(22-7-6-8-24(35)28(22)37)29(40-26)30(42)39-21-12-9-19(10-13-21)32(4,5)18-41/h6-15,18,26-27,29,40H,16H2,1-5H3,(H,39,42)/t26-,27-,29?,33?/m1/s1. The van der Waals surface area contributed by atoms with E-state index < -0.39 is 46.4 Å². The molecule has 9 heteroatoms. The average Bonchev–Trinajstić information content (AvgIpc) is 3.23. The highest BCUT2D eigenvalue weighted by Gasteiger charge is 2.61. The molecular weight excluding hydrogens is 579 g/mol. The van der Waals surface area contributed by atoms with Gasteiger partial charge in [0, 0.05) is 33.6 Å². The number of carbonyl (C=O) groups is 2. The third kappa shape index (κ3) is 5.94. The van der Waals surface area contributed by atoms with Crippen LogP contribution in [0.3, 0.4) is 0 Å². The number of rotatable bonds is 7. The zero-order valence-corrected chi connectivity index (χ0v) is 25.6. The molecule has 0 aromatic heterocycles. The van der Waals surface area contributed by atoms with Crippen molar-refractivity contribution in [2.24, 2.45) is 5.41 Å². The van der Waals surface area contributed by atoms with Crippen molar-refractivity contribution < 1.29 is 18.4 Å². The molecule has 4 rings (SSSR count). The number of aldehydes is 1. The summed E-state index contributed by atoms with van der Waals surface area (Å²) in [4.78, 5) is 25.5. The molecule has 2 N–H and O–H groups in total. The summed E-state index contributed by atoms with van der Waals surface area (Å²) in [6.07, 6.45) is 1.21. The van der Waals surface area contributed by atoms with Crippen molar-refractivity contribution in [2.45, 2.75) is 69.9 Å². The number of benzene rings is 3. The van der Waals surface area contributed by atoms with Gasteiger partial charge in [-0.05, 0) is 67.1 Å². The van der Waals surface area contributed by atoms with Gasteiger partial charge >= 0.3 is 0 Å². The SMILES string of the molecule is CC(C)(C)C[C@H]1NC(C(=O)Nc2ccc(C(C)(C)C=O)cc2)[C@@H](c2cccc(Cl)c2F)C1(C#N)c1ccc(Cl)cc1F. The molecule has 220 valence electrons. The van der Waals surface area contributed by atoms with Gasteiger partial charge in [-0.2, -0.15) is 5.26 Å². The molecule has 1 amide bonds. The van der Waals surface area contributed by atoms with Crippen LogP contribution in [0.2, 0.25) is 10.0 Å². The van der Waals surface area contributed by atoms with Gasteiger partial charge < -0.3 is 15.4 Å². The van der Waals surface area contributed by atoms with Crippen LogP contribution < -0.4 is 10.6 Å². The molecule has 3 aromatic carbocycles. The van der Waals surface area contributed by atoms with Gasteiger partial charge in [0.1, 0.15) is 23.3 Å². The first-order valence-electron chi connectivity index (χ1n) is 13.6. The minimum absolute atomic E-state index is 0.0104. The minimum Gasteiger partial charge on any atom is -0.325 e. The normalized spacial score (nSPS) is 22.4. The van der Waals surface area contributed by atoms with E-state index in [0.29, 0.717) is 12.1 Å². The fourth-order valence-corrected chi connectivity index (χ4v) is 6.17. The van der Waals surface area contributed by atoms with Gasteiger partial charge in [0.05, 0.1) is 17.1 Å². The van der Waals surface area contributed by atoms with Gasteiger partial charge in [-0.15, -0.1) is 0 Å². The maximum Gasteiger partial charge on any atom is 0.242 e. The van der Waals surface area contributed by atoms with Gasteiger partial charge in [-0.3, -0.25) is 4.79 Å². The molecule has 0 saturated carbocycles. The predicted octanol–water partition coefficient (Wildman–Crippen LogP) is 7.71. The van der Waals surface area contributed by atoms with E-state index in [1.165, 1.54) is 24.3 Å². The predicted molar refractivity (Wildman–Crippen MR) is 162 cm³/mol. The molecule has 42 heavy (non-hydrogen) atoms. The van der Waals surface area contributed by atoms with Crippen molar-refractivity contribution in [3.8, 4) is 6.07 Å². The van der Waals surface area contributed by atoms with Crippen LogP contribution in [0.1, 0.15) is 63.6 Å². The van der Waals surface area contributed by atoms with Crippen LogP contribution in [-0.2, 0) is 20.4 Å². The molecule has 1 heterocycles. The van der Waals surface area contributed by atoms with Crippen molar-refractivity contribution in [3.63, 3.8) is 0 Å². The van der Waals surface area contributed by atoms with Gasteiger partial charge in [0.25, 0.3) is 0 Å². The molecule has 0 spiro atoms. The first-order chi connectivity index (χ1) is 19.6. The number of anilines is 1. The lowest BCUT2D eigenvalue weighted by molar-refractivity contribution is -0.118. The highest BCUT2D eigenvalue weighted by atomic mass is 35.5. The maximum absolute atomic E-state index is 15.8. The molecule has 3 aromatic rings. The number of nitrogens with zero attached hydrogens (tertiary/aromatic N) is 1. The largest absolute Gasteiger partial charge is 0.325 e. The van der Waals surface area contributed by atoms with E-state index in [2.05, 4.69) is 16.7 Å². The Bertz CT molecular complexity index is 1550. The van der Waals surface area contributed by atoms with E-state index in [4.69, 9.17) is 23.2 Å². The van der Waals surface area contributed by atoms with Crippen LogP contribution >= 0.6 is 23.2 Å². The molecule has 1 saturated heterocycles. The van der Waals surface area contributed by atoms with E-state index in [9.17, 15) is 14.9 Å². The van der Waals surface area contributed by atoms with Crippen molar-refractivity contribution in [1.82, 2.24) is 5.32 Å². The molecule has 0 radical (unpaired) electrons. The molecule has 4 atom stereocenters. The van der Waals surface area contributed by atoms with Crippen molar-refractivity contribution in [2.75, 3.05) is 5.32 Å². The average molecular weight is 613 g/mol. The van der Waals surface area contributed by atoms with Crippen molar-refractivity contribution >= 4 is 41.1 Å². The van der Waals surface area contributed by atoms with E-state index in [1.54, 1.807) is 44.2 Å². The Kier molecular flexibility index (Phi) is 8.85. The highest BCUT2D eigenvalue weighted by molar-refractivity contribution is 6.31. The molecule has 5 nitrogen and oxygen atoms in total. The molecule has 1 aliphatic heterocycles. The maximum atomic E-state index is 15.8. The summed E-state index contributed by atoms with van der Waals surface area (Å²) in [5, 5.41) is 17.1. The van der Waals surface area contributed by atoms with E-state index >= 15 is 8.78 Å². The summed E-state index contributed by atoms with van der Waals surface area (Å²) in [6, 6.07) is 15.7. The number of amides is 1. The van der Waals surface area contributed by atoms with Gasteiger partial charge in [0.2, 0.25) is 5.91 Å². The van der Waals surface area contributed by atoms with Crippen molar-refractivity contribution in [1.29, 1.82) is 5.26 Å². The van der Waals surface area contributed by atoms with Crippen LogP contribution in [0.4, 0.5) is 14.5 Å². The second-order valence-electron chi connectivity index (χ2n) is 12.6. The zero-order chi connectivity index (χ0) is 31.0. The Morgan fingerprint density at radius 2 is 1.74 bits per heavy atom. The van der Waals surface area contributed by atoms with Crippen LogP contribution in [0.25, 0.3) is 0 Å². The Labute approximate surface area is 255 Å². The number of nitrogens with one attached hydrogen (secondary N) is 2. The Balaban J connectivity index is 1.89. The Morgan fingerprint density at radius 3 is 2.31 bits per heavy atom. The van der Waals surface area contributed by atoms with Crippen LogP contribution in [0.15, 0.2) is 60.7 Å². The van der Waals surface area contributed by atoms with Gasteiger partial charge in [-0.25, -0.2) is 8.78 Å². The first-order valence-corrected chi connectivity index (χ1v) is 14.3. The second-order valence-corrected chi connectivity index (χ2v) is 13.4. The molecule has 1 aliphatic rings. The number of nitriles is 1. The molecule has 0 bridgehead atoms. The third-order valence-electron chi connectivity index (χ3n) is 7.92. The fourth-order valence-electron chi connectivity index (χ4n) is 5.83. The number of hydrogen-bond donors (Lipinski definition) is 2. The molecule has 0 aliphatic carbocycles. The smallest absolute Gasteiger partial charge is 0.242 e. The summed E-state index contributed by atoms with van der Waals surface area (Å²) in [5.74, 6) is -3.22. The van der Waals surface area contributed by atoms with E-state index in [-0.39, 0.29) is 26.6 Å². The fraction of sp³-hybridized carbons (Fsp3) is 0.364. The van der Waals surface area contributed by atoms with Gasteiger partial charge in [0.15, 0.2) is 0 Å². The van der Waals surface area contributed by atoms with Crippen LogP contribution in [-0.4, -0.2) is 24.3 Å². The lowest BCUT2D eigenvalue weighted by Crippen LogP contribution is -2.45. The highest BCUT2D eigenvalue weighted by Crippen LogP contribution is 2.53. The summed E-state index contributed by atoms with van der Waals surface area (Å²) in [6.45, 7) is 9.49. The van der Waals surface area contributed by atoms with Crippen LogP contribution in [0.5, 0.6) is 0 Å². The first kappa shape index (κ1) is 31.6.